The van der Waals surface area contributed by atoms with Gasteiger partial charge in [0.25, 0.3) is 5.91 Å². The maximum Gasteiger partial charge on any atom is 0.306 e. The Morgan fingerprint density at radius 1 is 1.36 bits per heavy atom. The second-order valence-electron chi connectivity index (χ2n) is 5.70. The minimum atomic E-state index is -0.735. The summed E-state index contributed by atoms with van der Waals surface area (Å²) in [6.07, 6.45) is 2.53. The first kappa shape index (κ1) is 16.9. The third-order valence-corrected chi connectivity index (χ3v) is 5.45. The lowest BCUT2D eigenvalue weighted by atomic mass is 9.86. The molecule has 22 heavy (non-hydrogen) atoms. The maximum absolute atomic E-state index is 12.4. The minimum absolute atomic E-state index is 0.0490. The number of carbonyl (C=O) groups excluding carboxylic acids is 1. The molecule has 1 saturated carbocycles. The van der Waals surface area contributed by atoms with Gasteiger partial charge in [-0.15, -0.1) is 11.3 Å². The normalized spacial score (nSPS) is 23.0. The summed E-state index contributed by atoms with van der Waals surface area (Å²) in [5, 5.41) is 12.8. The lowest BCUT2D eigenvalue weighted by Gasteiger charge is -2.26. The number of aliphatic carboxylic acids is 1. The van der Waals surface area contributed by atoms with Crippen molar-refractivity contribution in [2.24, 2.45) is 5.92 Å². The average molecular weight is 326 g/mol. The van der Waals surface area contributed by atoms with E-state index < -0.39 is 5.97 Å². The number of carboxylic acid groups (broad SMARTS) is 1. The molecule has 0 bridgehead atoms. The fraction of sp³-hybridized carbons (Fsp3) is 0.667. The first-order valence-electron chi connectivity index (χ1n) is 7.46. The SMILES string of the molecule is CO[C@@H](C)c1nc(C)c(C(=O)NC2CCC(C(=O)O)CC2)s1. The highest BCUT2D eigenvalue weighted by molar-refractivity contribution is 7.13. The van der Waals surface area contributed by atoms with E-state index in [-0.39, 0.29) is 24.0 Å². The van der Waals surface area contributed by atoms with E-state index in [4.69, 9.17) is 9.84 Å². The van der Waals surface area contributed by atoms with E-state index in [0.717, 1.165) is 5.01 Å². The Kier molecular flexibility index (Phi) is 5.52. The molecule has 7 heteroatoms. The number of aryl methyl sites for hydroxylation is 1. The van der Waals surface area contributed by atoms with E-state index in [1.807, 2.05) is 13.8 Å². The topological polar surface area (TPSA) is 88.5 Å². The first-order chi connectivity index (χ1) is 10.4. The molecular weight excluding hydrogens is 304 g/mol. The van der Waals surface area contributed by atoms with Gasteiger partial charge in [0.1, 0.15) is 16.0 Å². The summed E-state index contributed by atoms with van der Waals surface area (Å²) in [7, 11) is 1.61. The van der Waals surface area contributed by atoms with Crippen LogP contribution in [-0.4, -0.2) is 35.1 Å². The number of carbonyl (C=O) groups is 2. The summed E-state index contributed by atoms with van der Waals surface area (Å²) in [5.74, 6) is -1.13. The Hall–Kier alpha value is -1.47. The summed E-state index contributed by atoms with van der Waals surface area (Å²) >= 11 is 1.35. The fourth-order valence-electron chi connectivity index (χ4n) is 2.64. The summed E-state index contributed by atoms with van der Waals surface area (Å²) < 4.78 is 5.23. The predicted octanol–water partition coefficient (Wildman–Crippen LogP) is 2.53. The Balaban J connectivity index is 1.96. The second-order valence-corrected chi connectivity index (χ2v) is 6.74. The van der Waals surface area contributed by atoms with Crippen LogP contribution in [-0.2, 0) is 9.53 Å². The third-order valence-electron chi connectivity index (χ3n) is 4.13. The maximum atomic E-state index is 12.4. The molecule has 1 aliphatic rings. The highest BCUT2D eigenvalue weighted by Gasteiger charge is 2.28. The van der Waals surface area contributed by atoms with Gasteiger partial charge < -0.3 is 15.2 Å². The van der Waals surface area contributed by atoms with Gasteiger partial charge in [0.15, 0.2) is 0 Å². The largest absolute Gasteiger partial charge is 0.481 e. The third kappa shape index (κ3) is 3.84. The minimum Gasteiger partial charge on any atom is -0.481 e. The Bertz CT molecular complexity index is 550. The number of nitrogens with zero attached hydrogens (tertiary/aromatic N) is 1. The molecule has 1 heterocycles. The molecule has 1 aliphatic carbocycles. The van der Waals surface area contributed by atoms with Gasteiger partial charge in [-0.3, -0.25) is 9.59 Å². The van der Waals surface area contributed by atoms with Crippen LogP contribution in [0.4, 0.5) is 0 Å². The molecule has 122 valence electrons. The number of ether oxygens (including phenoxy) is 1. The number of carboxylic acids is 1. The lowest BCUT2D eigenvalue weighted by Crippen LogP contribution is -2.38. The molecule has 2 rings (SSSR count). The van der Waals surface area contributed by atoms with Crippen molar-refractivity contribution >= 4 is 23.2 Å². The van der Waals surface area contributed by atoms with Crippen LogP contribution in [0.15, 0.2) is 0 Å². The summed E-state index contributed by atoms with van der Waals surface area (Å²) in [6.45, 7) is 3.71. The number of methoxy groups -OCH3 is 1. The van der Waals surface area contributed by atoms with Gasteiger partial charge in [-0.2, -0.15) is 0 Å². The number of hydrogen-bond acceptors (Lipinski definition) is 5. The standard InChI is InChI=1S/C15H22N2O4S/c1-8-12(22-14(16-8)9(2)21-3)13(18)17-11-6-4-10(5-7-11)15(19)20/h9-11H,4-7H2,1-3H3,(H,17,18)(H,19,20)/t9-,10?,11?/m0/s1. The molecule has 0 aliphatic heterocycles. The molecule has 1 aromatic rings. The predicted molar refractivity (Wildman–Crippen MR) is 83.1 cm³/mol. The highest BCUT2D eigenvalue weighted by Crippen LogP contribution is 2.27. The molecule has 1 fully saturated rings. The lowest BCUT2D eigenvalue weighted by molar-refractivity contribution is -0.142. The number of thiazole rings is 1. The molecule has 1 amide bonds. The van der Waals surface area contributed by atoms with Crippen LogP contribution < -0.4 is 5.32 Å². The monoisotopic (exact) mass is 326 g/mol. The molecule has 2 N–H and O–H groups in total. The number of nitrogens with one attached hydrogen (secondary N) is 1. The molecule has 0 spiro atoms. The van der Waals surface area contributed by atoms with Gasteiger partial charge >= 0.3 is 5.97 Å². The molecular formula is C15H22N2O4S. The van der Waals surface area contributed by atoms with Crippen molar-refractivity contribution in [3.05, 3.63) is 15.6 Å². The van der Waals surface area contributed by atoms with Crippen LogP contribution in [0.5, 0.6) is 0 Å². The van der Waals surface area contributed by atoms with Gasteiger partial charge in [-0.05, 0) is 39.5 Å². The van der Waals surface area contributed by atoms with E-state index in [2.05, 4.69) is 10.3 Å². The van der Waals surface area contributed by atoms with Gasteiger partial charge in [0.2, 0.25) is 0 Å². The summed E-state index contributed by atoms with van der Waals surface area (Å²) in [6, 6.07) is 0.0490. The molecule has 1 atom stereocenters. The second kappa shape index (κ2) is 7.19. The van der Waals surface area contributed by atoms with E-state index >= 15 is 0 Å². The summed E-state index contributed by atoms with van der Waals surface area (Å²) in [4.78, 5) is 28.3. The van der Waals surface area contributed by atoms with Crippen molar-refractivity contribution in [1.29, 1.82) is 0 Å². The highest BCUT2D eigenvalue weighted by atomic mass is 32.1. The number of rotatable bonds is 5. The first-order valence-corrected chi connectivity index (χ1v) is 8.27. The number of hydrogen-bond donors (Lipinski definition) is 2. The van der Waals surface area contributed by atoms with Crippen molar-refractivity contribution in [3.8, 4) is 0 Å². The number of aromatic nitrogens is 1. The Labute approximate surface area is 133 Å². The van der Waals surface area contributed by atoms with E-state index in [9.17, 15) is 9.59 Å². The molecule has 0 saturated heterocycles. The molecule has 0 radical (unpaired) electrons. The molecule has 1 aromatic heterocycles. The zero-order valence-corrected chi connectivity index (χ0v) is 13.9. The zero-order chi connectivity index (χ0) is 16.3. The summed E-state index contributed by atoms with van der Waals surface area (Å²) in [5.41, 5.74) is 0.709. The van der Waals surface area contributed by atoms with E-state index in [0.29, 0.717) is 36.3 Å². The van der Waals surface area contributed by atoms with Crippen LogP contribution in [0.1, 0.15) is 59.1 Å². The molecule has 0 aromatic carbocycles. The van der Waals surface area contributed by atoms with Crippen molar-refractivity contribution < 1.29 is 19.4 Å². The van der Waals surface area contributed by atoms with E-state index in [1.165, 1.54) is 11.3 Å². The smallest absolute Gasteiger partial charge is 0.306 e. The van der Waals surface area contributed by atoms with Crippen molar-refractivity contribution in [3.63, 3.8) is 0 Å². The van der Waals surface area contributed by atoms with Crippen LogP contribution in [0, 0.1) is 12.8 Å². The van der Waals surface area contributed by atoms with Crippen molar-refractivity contribution in [2.45, 2.75) is 51.7 Å². The quantitative estimate of drug-likeness (QED) is 0.868. The van der Waals surface area contributed by atoms with Gasteiger partial charge in [0, 0.05) is 13.2 Å². The van der Waals surface area contributed by atoms with Crippen molar-refractivity contribution in [1.82, 2.24) is 10.3 Å². The van der Waals surface area contributed by atoms with Gasteiger partial charge in [0.05, 0.1) is 11.6 Å². The zero-order valence-electron chi connectivity index (χ0n) is 13.1. The van der Waals surface area contributed by atoms with Crippen LogP contribution in [0.3, 0.4) is 0 Å². The van der Waals surface area contributed by atoms with E-state index in [1.54, 1.807) is 7.11 Å². The van der Waals surface area contributed by atoms with Crippen LogP contribution in [0.2, 0.25) is 0 Å². The number of amides is 1. The Morgan fingerprint density at radius 2 is 2.00 bits per heavy atom. The average Bonchev–Trinajstić information content (AvgIpc) is 2.89. The molecule has 6 nitrogen and oxygen atoms in total. The van der Waals surface area contributed by atoms with Crippen molar-refractivity contribution in [2.75, 3.05) is 7.11 Å². The fourth-order valence-corrected chi connectivity index (χ4v) is 3.64. The molecule has 0 unspecified atom stereocenters. The van der Waals surface area contributed by atoms with Gasteiger partial charge in [-0.25, -0.2) is 4.98 Å². The van der Waals surface area contributed by atoms with Gasteiger partial charge in [-0.1, -0.05) is 0 Å². The van der Waals surface area contributed by atoms with Crippen LogP contribution >= 0.6 is 11.3 Å². The van der Waals surface area contributed by atoms with Crippen LogP contribution in [0.25, 0.3) is 0 Å². The Morgan fingerprint density at radius 3 is 2.55 bits per heavy atom.